The van der Waals surface area contributed by atoms with Gasteiger partial charge in [0.05, 0.1) is 5.69 Å². The molecule has 0 bridgehead atoms. The first kappa shape index (κ1) is 15.2. The summed E-state index contributed by atoms with van der Waals surface area (Å²) in [6, 6.07) is 13.6. The van der Waals surface area contributed by atoms with E-state index in [-0.39, 0.29) is 5.91 Å². The third-order valence-electron chi connectivity index (χ3n) is 3.31. The number of benzene rings is 2. The van der Waals surface area contributed by atoms with Gasteiger partial charge >= 0.3 is 0 Å². The SMILES string of the molecule is CCN(C(=O)c1cccc(CCN)c1)c1ccccc1F. The molecule has 110 valence electrons. The molecule has 21 heavy (non-hydrogen) atoms. The zero-order chi connectivity index (χ0) is 15.2. The van der Waals surface area contributed by atoms with E-state index in [1.54, 1.807) is 24.3 Å². The van der Waals surface area contributed by atoms with Gasteiger partial charge in [-0.15, -0.1) is 0 Å². The number of carbonyl (C=O) groups excluding carboxylic acids is 1. The Labute approximate surface area is 124 Å². The maximum atomic E-state index is 13.9. The van der Waals surface area contributed by atoms with Crippen LogP contribution in [-0.2, 0) is 6.42 Å². The van der Waals surface area contributed by atoms with E-state index in [4.69, 9.17) is 5.73 Å². The van der Waals surface area contributed by atoms with Crippen molar-refractivity contribution in [3.63, 3.8) is 0 Å². The number of carbonyl (C=O) groups is 1. The van der Waals surface area contributed by atoms with Crippen LogP contribution in [0, 0.1) is 5.82 Å². The monoisotopic (exact) mass is 286 g/mol. The maximum absolute atomic E-state index is 13.9. The van der Waals surface area contributed by atoms with Crippen LogP contribution < -0.4 is 10.6 Å². The average Bonchev–Trinajstić information content (AvgIpc) is 2.50. The van der Waals surface area contributed by atoms with E-state index >= 15 is 0 Å². The number of para-hydroxylation sites is 1. The van der Waals surface area contributed by atoms with Crippen molar-refractivity contribution in [1.29, 1.82) is 0 Å². The third kappa shape index (κ3) is 3.47. The molecule has 0 aliphatic heterocycles. The number of rotatable bonds is 5. The van der Waals surface area contributed by atoms with E-state index < -0.39 is 5.82 Å². The highest BCUT2D eigenvalue weighted by molar-refractivity contribution is 6.06. The molecule has 0 saturated carbocycles. The van der Waals surface area contributed by atoms with Crippen LogP contribution in [0.2, 0.25) is 0 Å². The van der Waals surface area contributed by atoms with Gasteiger partial charge in [-0.1, -0.05) is 24.3 Å². The minimum absolute atomic E-state index is 0.207. The molecule has 0 aliphatic rings. The lowest BCUT2D eigenvalue weighted by molar-refractivity contribution is 0.0987. The Bertz CT molecular complexity index is 628. The molecule has 4 heteroatoms. The molecule has 0 unspecified atom stereocenters. The molecule has 2 aromatic carbocycles. The molecule has 2 N–H and O–H groups in total. The van der Waals surface area contributed by atoms with Gasteiger partial charge < -0.3 is 10.6 Å². The van der Waals surface area contributed by atoms with Gasteiger partial charge in [0.25, 0.3) is 5.91 Å². The molecule has 3 nitrogen and oxygen atoms in total. The number of hydrogen-bond donors (Lipinski definition) is 1. The molecule has 1 amide bonds. The van der Waals surface area contributed by atoms with Crippen molar-refractivity contribution in [3.8, 4) is 0 Å². The lowest BCUT2D eigenvalue weighted by atomic mass is 10.1. The first-order valence-corrected chi connectivity index (χ1v) is 7.02. The van der Waals surface area contributed by atoms with Gasteiger partial charge in [0.2, 0.25) is 0 Å². The van der Waals surface area contributed by atoms with Crippen LogP contribution in [0.1, 0.15) is 22.8 Å². The zero-order valence-electron chi connectivity index (χ0n) is 12.1. The summed E-state index contributed by atoms with van der Waals surface area (Å²) in [5.74, 6) is -0.604. The second-order valence-corrected chi connectivity index (χ2v) is 4.74. The Kier molecular flexibility index (Phi) is 5.06. The van der Waals surface area contributed by atoms with E-state index in [1.807, 2.05) is 25.1 Å². The van der Waals surface area contributed by atoms with Gasteiger partial charge in [-0.2, -0.15) is 0 Å². The lowest BCUT2D eigenvalue weighted by Gasteiger charge is -2.22. The van der Waals surface area contributed by atoms with Crippen LogP contribution in [0.25, 0.3) is 0 Å². The van der Waals surface area contributed by atoms with Gasteiger partial charge in [0.1, 0.15) is 5.82 Å². The van der Waals surface area contributed by atoms with Crippen LogP contribution in [0.4, 0.5) is 10.1 Å². The average molecular weight is 286 g/mol. The zero-order valence-corrected chi connectivity index (χ0v) is 12.1. The van der Waals surface area contributed by atoms with Crippen molar-refractivity contribution in [2.75, 3.05) is 18.0 Å². The summed E-state index contributed by atoms with van der Waals surface area (Å²) in [5, 5.41) is 0. The van der Waals surface area contributed by atoms with Crippen LogP contribution >= 0.6 is 0 Å². The Hall–Kier alpha value is -2.20. The summed E-state index contributed by atoms with van der Waals surface area (Å²) in [6.45, 7) is 2.76. The summed E-state index contributed by atoms with van der Waals surface area (Å²) < 4.78 is 13.9. The van der Waals surface area contributed by atoms with E-state index in [0.29, 0.717) is 30.8 Å². The molecule has 0 spiro atoms. The minimum atomic E-state index is -0.397. The Morgan fingerprint density at radius 1 is 1.19 bits per heavy atom. The predicted molar refractivity (Wildman–Crippen MR) is 83.0 cm³/mol. The fourth-order valence-corrected chi connectivity index (χ4v) is 2.28. The molecule has 2 rings (SSSR count). The second kappa shape index (κ2) is 6.99. The van der Waals surface area contributed by atoms with Gasteiger partial charge in [-0.3, -0.25) is 4.79 Å². The second-order valence-electron chi connectivity index (χ2n) is 4.74. The number of nitrogens with zero attached hydrogens (tertiary/aromatic N) is 1. The van der Waals surface area contributed by atoms with Crippen molar-refractivity contribution >= 4 is 11.6 Å². The lowest BCUT2D eigenvalue weighted by Crippen LogP contribution is -2.31. The first-order valence-electron chi connectivity index (χ1n) is 7.02. The summed E-state index contributed by atoms with van der Waals surface area (Å²) in [7, 11) is 0. The smallest absolute Gasteiger partial charge is 0.258 e. The Morgan fingerprint density at radius 3 is 2.62 bits per heavy atom. The molecule has 0 aromatic heterocycles. The van der Waals surface area contributed by atoms with Gasteiger partial charge in [-0.05, 0) is 49.7 Å². The van der Waals surface area contributed by atoms with E-state index in [9.17, 15) is 9.18 Å². The number of amides is 1. The van der Waals surface area contributed by atoms with Crippen LogP contribution in [0.15, 0.2) is 48.5 Å². The first-order chi connectivity index (χ1) is 10.2. The summed E-state index contributed by atoms with van der Waals surface area (Å²) in [5.41, 5.74) is 7.39. The molecule has 0 heterocycles. The van der Waals surface area contributed by atoms with Crippen LogP contribution in [-0.4, -0.2) is 19.0 Å². The van der Waals surface area contributed by atoms with Crippen LogP contribution in [0.5, 0.6) is 0 Å². The van der Waals surface area contributed by atoms with Crippen molar-refractivity contribution in [2.45, 2.75) is 13.3 Å². The normalized spacial score (nSPS) is 10.4. The fraction of sp³-hybridized carbons (Fsp3) is 0.235. The highest BCUT2D eigenvalue weighted by atomic mass is 19.1. The topological polar surface area (TPSA) is 46.3 Å². The molecule has 0 saturated heterocycles. The summed E-state index contributed by atoms with van der Waals surface area (Å²) >= 11 is 0. The molecular weight excluding hydrogens is 267 g/mol. The van der Waals surface area contributed by atoms with E-state index in [2.05, 4.69) is 0 Å². The Balaban J connectivity index is 2.32. The maximum Gasteiger partial charge on any atom is 0.258 e. The van der Waals surface area contributed by atoms with Crippen molar-refractivity contribution in [1.82, 2.24) is 0 Å². The Morgan fingerprint density at radius 2 is 1.95 bits per heavy atom. The van der Waals surface area contributed by atoms with E-state index in [0.717, 1.165) is 5.56 Å². The third-order valence-corrected chi connectivity index (χ3v) is 3.31. The van der Waals surface area contributed by atoms with Crippen molar-refractivity contribution in [2.24, 2.45) is 5.73 Å². The number of halogens is 1. The number of hydrogen-bond acceptors (Lipinski definition) is 2. The van der Waals surface area contributed by atoms with Crippen molar-refractivity contribution in [3.05, 3.63) is 65.5 Å². The highest BCUT2D eigenvalue weighted by Gasteiger charge is 2.18. The molecule has 0 radical (unpaired) electrons. The predicted octanol–water partition coefficient (Wildman–Crippen LogP) is 2.99. The van der Waals surface area contributed by atoms with Gasteiger partial charge in [0.15, 0.2) is 0 Å². The molecule has 0 fully saturated rings. The van der Waals surface area contributed by atoms with Gasteiger partial charge in [0, 0.05) is 12.1 Å². The summed E-state index contributed by atoms with van der Waals surface area (Å²) in [4.78, 5) is 14.1. The van der Waals surface area contributed by atoms with Gasteiger partial charge in [-0.25, -0.2) is 4.39 Å². The quantitative estimate of drug-likeness (QED) is 0.918. The van der Waals surface area contributed by atoms with Crippen LogP contribution in [0.3, 0.4) is 0 Å². The molecule has 2 aromatic rings. The highest BCUT2D eigenvalue weighted by Crippen LogP contribution is 2.21. The standard InChI is InChI=1S/C17H19FN2O/c1-2-20(16-9-4-3-8-15(16)18)17(21)14-7-5-6-13(12-14)10-11-19/h3-9,12H,2,10-11,19H2,1H3. The molecular formula is C17H19FN2O. The fourth-order valence-electron chi connectivity index (χ4n) is 2.28. The van der Waals surface area contributed by atoms with Crippen molar-refractivity contribution < 1.29 is 9.18 Å². The molecule has 0 atom stereocenters. The largest absolute Gasteiger partial charge is 0.330 e. The number of anilines is 1. The summed E-state index contributed by atoms with van der Waals surface area (Å²) in [6.07, 6.45) is 0.715. The number of nitrogens with two attached hydrogens (primary N) is 1. The van der Waals surface area contributed by atoms with E-state index in [1.165, 1.54) is 11.0 Å². The minimum Gasteiger partial charge on any atom is -0.330 e. The molecule has 0 aliphatic carbocycles.